The average molecular weight is 368 g/mol. The number of aryl methyl sites for hydroxylation is 1. The molecule has 0 saturated carbocycles. The van der Waals surface area contributed by atoms with Crippen molar-refractivity contribution in [1.82, 2.24) is 20.1 Å². The van der Waals surface area contributed by atoms with Crippen LogP contribution in [-0.2, 0) is 4.84 Å². The lowest BCUT2D eigenvalue weighted by Gasteiger charge is -2.17. The van der Waals surface area contributed by atoms with Gasteiger partial charge < -0.3 is 5.32 Å². The normalized spacial score (nSPS) is 16.9. The molecule has 0 bridgehead atoms. The minimum absolute atomic E-state index is 0.105. The largest absolute Gasteiger partial charge is 0.363 e. The summed E-state index contributed by atoms with van der Waals surface area (Å²) in [5.41, 5.74) is 5.51. The Morgan fingerprint density at radius 1 is 1.30 bits per heavy atom. The van der Waals surface area contributed by atoms with Gasteiger partial charge in [0.2, 0.25) is 0 Å². The predicted octanol–water partition coefficient (Wildman–Crippen LogP) is 3.37. The second kappa shape index (κ2) is 6.31. The van der Waals surface area contributed by atoms with Gasteiger partial charge in [0, 0.05) is 6.20 Å². The topological polar surface area (TPSA) is 75.8 Å². The van der Waals surface area contributed by atoms with Crippen LogP contribution in [0.4, 0.5) is 10.2 Å². The maximum absolute atomic E-state index is 13.6. The molecule has 8 heteroatoms. The lowest BCUT2D eigenvalue weighted by Crippen LogP contribution is -2.23. The zero-order valence-electron chi connectivity index (χ0n) is 15.6. The van der Waals surface area contributed by atoms with E-state index >= 15 is 0 Å². The Morgan fingerprint density at radius 3 is 2.85 bits per heavy atom. The second-order valence-corrected chi connectivity index (χ2v) is 7.12. The van der Waals surface area contributed by atoms with Gasteiger partial charge in [0.15, 0.2) is 17.2 Å². The van der Waals surface area contributed by atoms with Crippen molar-refractivity contribution in [3.8, 4) is 0 Å². The number of aromatic nitrogens is 3. The number of halogens is 1. The van der Waals surface area contributed by atoms with Crippen molar-refractivity contribution in [3.05, 3.63) is 59.2 Å². The van der Waals surface area contributed by atoms with Gasteiger partial charge in [-0.15, -0.1) is 0 Å². The molecule has 1 atom stereocenters. The number of hydrogen-bond acceptors (Lipinski definition) is 6. The third kappa shape index (κ3) is 3.35. The van der Waals surface area contributed by atoms with Crippen LogP contribution < -0.4 is 10.8 Å². The van der Waals surface area contributed by atoms with Gasteiger partial charge in [0.25, 0.3) is 0 Å². The zero-order valence-corrected chi connectivity index (χ0v) is 15.6. The molecule has 0 aliphatic carbocycles. The number of anilines is 1. The van der Waals surface area contributed by atoms with Crippen molar-refractivity contribution in [1.29, 1.82) is 0 Å². The molecule has 3 aromatic rings. The van der Waals surface area contributed by atoms with Crippen LogP contribution in [0.15, 0.2) is 41.7 Å². The molecule has 4 rings (SSSR count). The Labute approximate surface area is 156 Å². The Hall–Kier alpha value is -3.00. The van der Waals surface area contributed by atoms with E-state index in [-0.39, 0.29) is 11.9 Å². The molecular formula is C19H21FN6O. The van der Waals surface area contributed by atoms with E-state index in [1.165, 1.54) is 6.07 Å². The Balaban J connectivity index is 1.65. The molecule has 0 amide bonds. The van der Waals surface area contributed by atoms with Crippen LogP contribution in [0.5, 0.6) is 0 Å². The molecule has 0 fully saturated rings. The summed E-state index contributed by atoms with van der Waals surface area (Å²) in [6.45, 7) is 7.67. The maximum atomic E-state index is 13.6. The lowest BCUT2D eigenvalue weighted by atomic mass is 10.0. The summed E-state index contributed by atoms with van der Waals surface area (Å²) >= 11 is 0. The number of aliphatic imine (C=N–C) groups is 1. The second-order valence-electron chi connectivity index (χ2n) is 7.12. The molecule has 0 saturated heterocycles. The molecule has 3 heterocycles. The molecule has 0 unspecified atom stereocenters. The van der Waals surface area contributed by atoms with Gasteiger partial charge in [0.05, 0.1) is 17.8 Å². The Kier molecular flexibility index (Phi) is 4.07. The number of nitrogens with one attached hydrogen (secondary N) is 2. The molecule has 0 radical (unpaired) electrons. The summed E-state index contributed by atoms with van der Waals surface area (Å²) in [7, 11) is 0. The molecule has 1 aliphatic heterocycles. The van der Waals surface area contributed by atoms with Crippen LogP contribution in [-0.4, -0.2) is 26.2 Å². The molecule has 1 aromatic carbocycles. The first-order valence-corrected chi connectivity index (χ1v) is 8.74. The smallest absolute Gasteiger partial charge is 0.182 e. The number of hydroxylamine groups is 1. The van der Waals surface area contributed by atoms with E-state index in [4.69, 9.17) is 4.84 Å². The van der Waals surface area contributed by atoms with Gasteiger partial charge in [-0.1, -0.05) is 6.07 Å². The highest BCUT2D eigenvalue weighted by Crippen LogP contribution is 2.24. The van der Waals surface area contributed by atoms with E-state index in [0.29, 0.717) is 17.3 Å². The fourth-order valence-electron chi connectivity index (χ4n) is 3.10. The van der Waals surface area contributed by atoms with Crippen LogP contribution in [0.3, 0.4) is 0 Å². The number of nitrogens with zero attached hydrogens (tertiary/aromatic N) is 4. The minimum atomic E-state index is -0.636. The molecule has 140 valence electrons. The summed E-state index contributed by atoms with van der Waals surface area (Å²) in [4.78, 5) is 14.6. The van der Waals surface area contributed by atoms with Crippen molar-refractivity contribution in [2.75, 3.05) is 5.32 Å². The molecular weight excluding hydrogens is 347 g/mol. The van der Waals surface area contributed by atoms with Crippen molar-refractivity contribution < 1.29 is 9.23 Å². The van der Waals surface area contributed by atoms with Gasteiger partial charge in [-0.25, -0.2) is 29.2 Å². The predicted molar refractivity (Wildman–Crippen MR) is 101 cm³/mol. The van der Waals surface area contributed by atoms with E-state index in [0.717, 1.165) is 16.7 Å². The first-order chi connectivity index (χ1) is 12.8. The van der Waals surface area contributed by atoms with Crippen LogP contribution in [0.1, 0.15) is 43.5 Å². The summed E-state index contributed by atoms with van der Waals surface area (Å²) in [5.74, 6) is 1.01. The van der Waals surface area contributed by atoms with E-state index < -0.39 is 5.72 Å². The molecule has 7 nitrogen and oxygen atoms in total. The molecule has 0 spiro atoms. The number of rotatable bonds is 4. The summed E-state index contributed by atoms with van der Waals surface area (Å²) in [6.07, 6.45) is 3.52. The third-order valence-corrected chi connectivity index (χ3v) is 4.47. The van der Waals surface area contributed by atoms with Gasteiger partial charge >= 0.3 is 0 Å². The van der Waals surface area contributed by atoms with Gasteiger partial charge in [0.1, 0.15) is 11.6 Å². The molecule has 2 N–H and O–H groups in total. The van der Waals surface area contributed by atoms with Crippen LogP contribution in [0.2, 0.25) is 0 Å². The standard InChI is InChI=1S/C19H21FN6O/c1-11-5-6-13(20)9-14(11)12(2)22-16-7-8-26-18(23-16)15(10-21-26)17-24-19(3,4)27-25-17/h5-10,12H,1-4H3,(H,22,23)(H,24,25)/t12-/m1/s1. The summed E-state index contributed by atoms with van der Waals surface area (Å²) in [6, 6.07) is 6.52. The van der Waals surface area contributed by atoms with E-state index in [2.05, 4.69) is 25.9 Å². The highest BCUT2D eigenvalue weighted by Gasteiger charge is 2.28. The molecule has 27 heavy (non-hydrogen) atoms. The fourth-order valence-corrected chi connectivity index (χ4v) is 3.10. The molecule has 2 aromatic heterocycles. The quantitative estimate of drug-likeness (QED) is 0.738. The highest BCUT2D eigenvalue weighted by molar-refractivity contribution is 6.03. The van der Waals surface area contributed by atoms with Gasteiger partial charge in [-0.3, -0.25) is 0 Å². The summed E-state index contributed by atoms with van der Waals surface area (Å²) < 4.78 is 15.3. The van der Waals surface area contributed by atoms with Gasteiger partial charge in [-0.2, -0.15) is 5.10 Å². The Bertz CT molecular complexity index is 1040. The number of hydrogen-bond donors (Lipinski definition) is 2. The van der Waals surface area contributed by atoms with Crippen molar-refractivity contribution in [2.24, 2.45) is 4.99 Å². The number of amidine groups is 1. The summed E-state index contributed by atoms with van der Waals surface area (Å²) in [5, 5.41) is 7.65. The minimum Gasteiger partial charge on any atom is -0.363 e. The van der Waals surface area contributed by atoms with Crippen molar-refractivity contribution in [3.63, 3.8) is 0 Å². The van der Waals surface area contributed by atoms with Crippen LogP contribution >= 0.6 is 0 Å². The first kappa shape index (κ1) is 17.4. The fraction of sp³-hybridized carbons (Fsp3) is 0.316. The van der Waals surface area contributed by atoms with Gasteiger partial charge in [-0.05, 0) is 57.0 Å². The van der Waals surface area contributed by atoms with Crippen LogP contribution in [0.25, 0.3) is 5.65 Å². The number of fused-ring (bicyclic) bond motifs is 1. The monoisotopic (exact) mass is 368 g/mol. The highest BCUT2D eigenvalue weighted by atomic mass is 19.1. The maximum Gasteiger partial charge on any atom is 0.182 e. The SMILES string of the molecule is Cc1ccc(F)cc1[C@@H](C)Nc1ccn2ncc(C3=NC(C)(C)ON3)c2n1. The molecule has 1 aliphatic rings. The lowest BCUT2D eigenvalue weighted by molar-refractivity contribution is -0.0269. The average Bonchev–Trinajstić information content (AvgIpc) is 3.19. The zero-order chi connectivity index (χ0) is 19.2. The Morgan fingerprint density at radius 2 is 2.11 bits per heavy atom. The van der Waals surface area contributed by atoms with Crippen molar-refractivity contribution in [2.45, 2.75) is 39.5 Å². The van der Waals surface area contributed by atoms with E-state index in [1.807, 2.05) is 40.0 Å². The van der Waals surface area contributed by atoms with E-state index in [9.17, 15) is 4.39 Å². The van der Waals surface area contributed by atoms with Crippen LogP contribution in [0, 0.1) is 12.7 Å². The first-order valence-electron chi connectivity index (χ1n) is 8.74. The van der Waals surface area contributed by atoms with E-state index in [1.54, 1.807) is 22.8 Å². The van der Waals surface area contributed by atoms with Crippen molar-refractivity contribution >= 4 is 17.3 Å². The third-order valence-electron chi connectivity index (χ3n) is 4.47. The number of benzene rings is 1.